The summed E-state index contributed by atoms with van der Waals surface area (Å²) in [7, 11) is 1.87. The van der Waals surface area contributed by atoms with E-state index >= 15 is 0 Å². The van der Waals surface area contributed by atoms with Crippen LogP contribution in [0.1, 0.15) is 30.6 Å². The summed E-state index contributed by atoms with van der Waals surface area (Å²) in [5.74, 6) is -0.207. The fourth-order valence-corrected chi connectivity index (χ4v) is 1.88. The third-order valence-electron chi connectivity index (χ3n) is 3.09. The Morgan fingerprint density at radius 2 is 2.05 bits per heavy atom. The lowest BCUT2D eigenvalue weighted by molar-refractivity contribution is -0.143. The molecule has 0 aliphatic heterocycles. The summed E-state index contributed by atoms with van der Waals surface area (Å²) in [4.78, 5) is 13.2. The minimum Gasteiger partial charge on any atom is -0.466 e. The Morgan fingerprint density at radius 3 is 2.60 bits per heavy atom. The van der Waals surface area contributed by atoms with Crippen LogP contribution in [0.25, 0.3) is 0 Å². The van der Waals surface area contributed by atoms with Gasteiger partial charge in [0.2, 0.25) is 0 Å². The van der Waals surface area contributed by atoms with E-state index in [1.807, 2.05) is 36.2 Å². The fourth-order valence-electron chi connectivity index (χ4n) is 1.88. The summed E-state index contributed by atoms with van der Waals surface area (Å²) >= 11 is 0. The van der Waals surface area contributed by atoms with Gasteiger partial charge in [-0.05, 0) is 25.1 Å². The summed E-state index contributed by atoms with van der Waals surface area (Å²) in [6, 6.07) is 7.59. The van der Waals surface area contributed by atoms with Crippen LogP contribution in [-0.2, 0) is 16.1 Å². The van der Waals surface area contributed by atoms with E-state index in [0.29, 0.717) is 32.7 Å². The van der Waals surface area contributed by atoms with Gasteiger partial charge in [0.25, 0.3) is 0 Å². The first-order chi connectivity index (χ1) is 9.56. The second-order valence-electron chi connectivity index (χ2n) is 4.78. The fraction of sp³-hybridized carbons (Fsp3) is 0.533. The lowest BCUT2D eigenvalue weighted by Crippen LogP contribution is -2.27. The van der Waals surface area contributed by atoms with Gasteiger partial charge in [0.15, 0.2) is 0 Å². The van der Waals surface area contributed by atoms with Gasteiger partial charge in [0.1, 0.15) is 0 Å². The summed E-state index contributed by atoms with van der Waals surface area (Å²) in [6.07, 6.45) is -0.239. The number of aliphatic hydroxyl groups is 1. The van der Waals surface area contributed by atoms with Crippen molar-refractivity contribution in [3.05, 3.63) is 35.4 Å². The molecule has 0 aliphatic carbocycles. The topological polar surface area (TPSA) is 75.8 Å². The van der Waals surface area contributed by atoms with Crippen LogP contribution >= 0.6 is 0 Å². The molecule has 0 saturated carbocycles. The van der Waals surface area contributed by atoms with Gasteiger partial charge in [0.05, 0.1) is 19.1 Å². The van der Waals surface area contributed by atoms with Crippen LogP contribution in [0.3, 0.4) is 0 Å². The molecule has 0 spiro atoms. The molecule has 1 aromatic rings. The Morgan fingerprint density at radius 1 is 1.40 bits per heavy atom. The molecular weight excluding hydrogens is 256 g/mol. The molecule has 1 unspecified atom stereocenters. The van der Waals surface area contributed by atoms with Gasteiger partial charge >= 0.3 is 5.97 Å². The number of benzene rings is 1. The van der Waals surface area contributed by atoms with Crippen molar-refractivity contribution in [3.63, 3.8) is 0 Å². The van der Waals surface area contributed by atoms with Gasteiger partial charge in [-0.15, -0.1) is 0 Å². The molecule has 20 heavy (non-hydrogen) atoms. The number of nitrogens with two attached hydrogens (primary N) is 1. The van der Waals surface area contributed by atoms with Crippen molar-refractivity contribution in [2.24, 2.45) is 5.73 Å². The Balaban J connectivity index is 2.40. The largest absolute Gasteiger partial charge is 0.466 e. The van der Waals surface area contributed by atoms with Gasteiger partial charge in [-0.2, -0.15) is 0 Å². The first-order valence-electron chi connectivity index (χ1n) is 6.88. The quantitative estimate of drug-likeness (QED) is 0.697. The number of hydrogen-bond acceptors (Lipinski definition) is 5. The first kappa shape index (κ1) is 16.6. The van der Waals surface area contributed by atoms with Crippen LogP contribution in [0, 0.1) is 0 Å². The molecule has 0 aromatic heterocycles. The maximum Gasteiger partial charge on any atom is 0.307 e. The van der Waals surface area contributed by atoms with Crippen molar-refractivity contribution in [2.75, 3.05) is 26.7 Å². The van der Waals surface area contributed by atoms with Crippen molar-refractivity contribution in [3.8, 4) is 0 Å². The maximum atomic E-state index is 11.3. The molecule has 112 valence electrons. The Hall–Kier alpha value is -1.43. The third kappa shape index (κ3) is 5.69. The number of esters is 1. The van der Waals surface area contributed by atoms with Gasteiger partial charge in [0, 0.05) is 19.6 Å². The zero-order valence-electron chi connectivity index (χ0n) is 12.2. The predicted molar refractivity (Wildman–Crippen MR) is 78.0 cm³/mol. The average Bonchev–Trinajstić information content (AvgIpc) is 2.45. The zero-order chi connectivity index (χ0) is 15.0. The molecule has 5 heteroatoms. The minimum absolute atomic E-state index is 0.207. The minimum atomic E-state index is -0.575. The second kappa shape index (κ2) is 8.68. The van der Waals surface area contributed by atoms with Crippen LogP contribution in [0.2, 0.25) is 0 Å². The van der Waals surface area contributed by atoms with Crippen LogP contribution in [-0.4, -0.2) is 42.7 Å². The molecule has 1 aromatic carbocycles. The summed E-state index contributed by atoms with van der Waals surface area (Å²) in [5, 5.41) is 10.1. The molecular formula is C15H24N2O3. The van der Waals surface area contributed by atoms with Gasteiger partial charge in [-0.25, -0.2) is 0 Å². The standard InChI is InChI=1S/C15H24N2O3/c1-3-20-15(19)8-9-17(2)11-14(18)13-6-4-12(10-16)5-7-13/h4-7,14,18H,3,8-11,16H2,1-2H3. The van der Waals surface area contributed by atoms with E-state index in [4.69, 9.17) is 10.5 Å². The van der Waals surface area contributed by atoms with Crippen LogP contribution in [0.5, 0.6) is 0 Å². The number of aliphatic hydroxyl groups excluding tert-OH is 1. The number of nitrogens with zero attached hydrogens (tertiary/aromatic N) is 1. The lowest BCUT2D eigenvalue weighted by atomic mass is 10.1. The molecule has 5 nitrogen and oxygen atoms in total. The molecule has 0 heterocycles. The number of likely N-dealkylation sites (N-methyl/N-ethyl adjacent to an activating group) is 1. The molecule has 0 bridgehead atoms. The molecule has 1 rings (SSSR count). The molecule has 1 atom stereocenters. The van der Waals surface area contributed by atoms with Crippen molar-refractivity contribution < 1.29 is 14.6 Å². The lowest BCUT2D eigenvalue weighted by Gasteiger charge is -2.20. The van der Waals surface area contributed by atoms with Crippen LogP contribution in [0.15, 0.2) is 24.3 Å². The predicted octanol–water partition coefficient (Wildman–Crippen LogP) is 1.06. The highest BCUT2D eigenvalue weighted by atomic mass is 16.5. The molecule has 0 radical (unpaired) electrons. The number of hydrogen-bond donors (Lipinski definition) is 2. The highest BCUT2D eigenvalue weighted by Crippen LogP contribution is 2.14. The normalized spacial score (nSPS) is 12.4. The number of ether oxygens (including phenoxy) is 1. The molecule has 3 N–H and O–H groups in total. The highest BCUT2D eigenvalue weighted by molar-refractivity contribution is 5.69. The molecule has 0 saturated heterocycles. The van der Waals surface area contributed by atoms with Crippen molar-refractivity contribution in [1.29, 1.82) is 0 Å². The van der Waals surface area contributed by atoms with E-state index in [0.717, 1.165) is 11.1 Å². The van der Waals surface area contributed by atoms with E-state index in [1.54, 1.807) is 6.92 Å². The van der Waals surface area contributed by atoms with E-state index < -0.39 is 6.10 Å². The Labute approximate surface area is 120 Å². The Bertz CT molecular complexity index is 406. The van der Waals surface area contributed by atoms with E-state index in [2.05, 4.69) is 0 Å². The summed E-state index contributed by atoms with van der Waals surface area (Å²) in [6.45, 7) is 3.73. The summed E-state index contributed by atoms with van der Waals surface area (Å²) in [5.41, 5.74) is 7.43. The zero-order valence-corrected chi connectivity index (χ0v) is 12.2. The number of carbonyl (C=O) groups is 1. The van der Waals surface area contributed by atoms with Gasteiger partial charge < -0.3 is 20.5 Å². The van der Waals surface area contributed by atoms with Crippen LogP contribution < -0.4 is 5.73 Å². The number of carbonyl (C=O) groups excluding carboxylic acids is 1. The first-order valence-corrected chi connectivity index (χ1v) is 6.88. The van der Waals surface area contributed by atoms with E-state index in [1.165, 1.54) is 0 Å². The van der Waals surface area contributed by atoms with E-state index in [-0.39, 0.29) is 5.97 Å². The SMILES string of the molecule is CCOC(=O)CCN(C)CC(O)c1ccc(CN)cc1. The number of rotatable bonds is 8. The van der Waals surface area contributed by atoms with Gasteiger partial charge in [-0.3, -0.25) is 4.79 Å². The molecule has 0 amide bonds. The second-order valence-corrected chi connectivity index (χ2v) is 4.78. The van der Waals surface area contributed by atoms with Crippen LogP contribution in [0.4, 0.5) is 0 Å². The van der Waals surface area contributed by atoms with Crippen molar-refractivity contribution in [2.45, 2.75) is 26.0 Å². The molecule has 0 fully saturated rings. The monoisotopic (exact) mass is 280 g/mol. The average molecular weight is 280 g/mol. The smallest absolute Gasteiger partial charge is 0.307 e. The highest BCUT2D eigenvalue weighted by Gasteiger charge is 2.12. The third-order valence-corrected chi connectivity index (χ3v) is 3.09. The van der Waals surface area contributed by atoms with Gasteiger partial charge in [-0.1, -0.05) is 24.3 Å². The molecule has 0 aliphatic rings. The van der Waals surface area contributed by atoms with Crippen molar-refractivity contribution in [1.82, 2.24) is 4.90 Å². The summed E-state index contributed by atoms with van der Waals surface area (Å²) < 4.78 is 4.87. The van der Waals surface area contributed by atoms with E-state index in [9.17, 15) is 9.90 Å². The maximum absolute atomic E-state index is 11.3. The van der Waals surface area contributed by atoms with Crippen molar-refractivity contribution >= 4 is 5.97 Å². The Kier molecular flexibility index (Phi) is 7.22.